The van der Waals surface area contributed by atoms with Crippen molar-refractivity contribution in [2.24, 2.45) is 0 Å². The molecule has 0 saturated carbocycles. The van der Waals surface area contributed by atoms with Gasteiger partial charge in [-0.15, -0.1) is 0 Å². The summed E-state index contributed by atoms with van der Waals surface area (Å²) in [6.45, 7) is 13.5. The van der Waals surface area contributed by atoms with E-state index in [1.54, 1.807) is 0 Å². The predicted octanol–water partition coefficient (Wildman–Crippen LogP) is 8.70. The molecule has 0 radical (unpaired) electrons. The zero-order valence-corrected chi connectivity index (χ0v) is 28.8. The molecule has 1 rings (SSSR count). The van der Waals surface area contributed by atoms with E-state index in [2.05, 4.69) is 54.6 Å². The Hall–Kier alpha value is -2.04. The van der Waals surface area contributed by atoms with Gasteiger partial charge < -0.3 is 24.0 Å². The Morgan fingerprint density at radius 2 is 1.39 bits per heavy atom. The summed E-state index contributed by atoms with van der Waals surface area (Å²) in [5.41, 5.74) is 0. The Morgan fingerprint density at radius 1 is 0.727 bits per heavy atom. The second-order valence-corrected chi connectivity index (χ2v) is 12.2. The molecule has 0 spiro atoms. The first-order valence-electron chi connectivity index (χ1n) is 18.1. The molecule has 0 N–H and O–H groups in total. The minimum absolute atomic E-state index is 0.0574. The second-order valence-electron chi connectivity index (χ2n) is 12.2. The quantitative estimate of drug-likeness (QED) is 0.0416. The van der Waals surface area contributed by atoms with Crippen molar-refractivity contribution < 1.29 is 23.8 Å². The third-order valence-electron chi connectivity index (χ3n) is 8.32. The van der Waals surface area contributed by atoms with E-state index in [4.69, 9.17) is 14.2 Å². The highest BCUT2D eigenvalue weighted by atomic mass is 16.7. The van der Waals surface area contributed by atoms with Gasteiger partial charge in [-0.25, -0.2) is 4.79 Å². The molecule has 0 aromatic heterocycles. The molecule has 0 aliphatic carbocycles. The fourth-order valence-corrected chi connectivity index (χ4v) is 5.34. The molecule has 7 heteroatoms. The Morgan fingerprint density at radius 3 is 2.11 bits per heavy atom. The third kappa shape index (κ3) is 24.3. The van der Waals surface area contributed by atoms with Gasteiger partial charge in [0.15, 0.2) is 6.61 Å². The largest absolute Gasteiger partial charge is 0.509 e. The van der Waals surface area contributed by atoms with Crippen LogP contribution in [-0.2, 0) is 19.0 Å². The van der Waals surface area contributed by atoms with Crippen molar-refractivity contribution in [3.05, 3.63) is 12.2 Å². The highest BCUT2D eigenvalue weighted by molar-refractivity contribution is 5.69. The van der Waals surface area contributed by atoms with Gasteiger partial charge in [-0.2, -0.15) is 0 Å². The lowest BCUT2D eigenvalue weighted by Gasteiger charge is -2.33. The lowest BCUT2D eigenvalue weighted by molar-refractivity contribution is -0.144. The molecule has 0 bridgehead atoms. The van der Waals surface area contributed by atoms with Crippen LogP contribution in [-0.4, -0.2) is 80.5 Å². The summed E-state index contributed by atoms with van der Waals surface area (Å²) in [5, 5.41) is 0. The first-order chi connectivity index (χ1) is 21.6. The third-order valence-corrected chi connectivity index (χ3v) is 8.32. The maximum atomic E-state index is 12.2. The maximum Gasteiger partial charge on any atom is 0.509 e. The first-order valence-corrected chi connectivity index (χ1v) is 18.1. The number of rotatable bonds is 26. The Labute approximate surface area is 270 Å². The predicted molar refractivity (Wildman–Crippen MR) is 182 cm³/mol. The van der Waals surface area contributed by atoms with E-state index >= 15 is 0 Å². The molecule has 1 atom stereocenters. The standard InChI is InChI=1S/C37H66N2O5/c1-4-7-9-11-16-20-24-34-43-37(41)44-35(25-21-10-8-5-2)26-22-18-15-13-12-14-17-19-23-33-42-36(40)27-28-39-31-29-38(6-3)30-32-39/h18,22,35H,4-17,19,21,23,25-34H2,1-3H3/b22-18-/t35-/m1/s1. The summed E-state index contributed by atoms with van der Waals surface area (Å²) >= 11 is 0. The lowest BCUT2D eigenvalue weighted by atomic mass is 10.1. The van der Waals surface area contributed by atoms with Crippen LogP contribution in [0.15, 0.2) is 12.2 Å². The van der Waals surface area contributed by atoms with Gasteiger partial charge in [-0.05, 0) is 45.1 Å². The topological polar surface area (TPSA) is 68.3 Å². The molecule has 0 unspecified atom stereocenters. The molecule has 44 heavy (non-hydrogen) atoms. The van der Waals surface area contributed by atoms with E-state index in [1.807, 2.05) is 0 Å². The van der Waals surface area contributed by atoms with Crippen molar-refractivity contribution in [2.45, 2.75) is 149 Å². The molecular weight excluding hydrogens is 552 g/mol. The molecule has 0 aromatic carbocycles. The number of piperazine rings is 1. The number of carbonyl (C=O) groups excluding carboxylic acids is 2. The normalized spacial score (nSPS) is 14.7. The monoisotopic (exact) mass is 618 g/mol. The zero-order chi connectivity index (χ0) is 31.9. The number of carbonyl (C=O) groups is 2. The fraction of sp³-hybridized carbons (Fsp3) is 0.838. The van der Waals surface area contributed by atoms with Gasteiger partial charge >= 0.3 is 12.1 Å². The van der Waals surface area contributed by atoms with Crippen LogP contribution in [0.5, 0.6) is 0 Å². The summed E-state index contributed by atoms with van der Waals surface area (Å²) in [6, 6.07) is 0. The number of esters is 1. The number of likely N-dealkylation sites (N-methyl/N-ethyl adjacent to an activating group) is 1. The number of unbranched alkanes of at least 4 members (excludes halogenated alkanes) is 13. The number of hydrogen-bond donors (Lipinski definition) is 0. The SMILES string of the molecule is CCCCCCC#CCOC(=O)O[C@@H](C/C=C\CCCCCCCCOC(=O)CCN1CCN(CC)CC1)CCCCCC. The van der Waals surface area contributed by atoms with Crippen LogP contribution in [0.2, 0.25) is 0 Å². The molecular formula is C37H66N2O5. The maximum absolute atomic E-state index is 12.2. The summed E-state index contributed by atoms with van der Waals surface area (Å²) in [7, 11) is 0. The fourth-order valence-electron chi connectivity index (χ4n) is 5.34. The minimum Gasteiger partial charge on any atom is -0.466 e. The van der Waals surface area contributed by atoms with Crippen molar-refractivity contribution in [2.75, 3.05) is 52.5 Å². The van der Waals surface area contributed by atoms with Gasteiger partial charge in [0.1, 0.15) is 6.10 Å². The molecule has 1 fully saturated rings. The second kappa shape index (κ2) is 29.7. The molecule has 0 aromatic rings. The van der Waals surface area contributed by atoms with Crippen LogP contribution >= 0.6 is 0 Å². The van der Waals surface area contributed by atoms with Crippen molar-refractivity contribution >= 4 is 12.1 Å². The van der Waals surface area contributed by atoms with E-state index in [0.29, 0.717) is 13.0 Å². The van der Waals surface area contributed by atoms with E-state index in [1.165, 1.54) is 57.8 Å². The molecule has 1 aliphatic heterocycles. The highest BCUT2D eigenvalue weighted by Gasteiger charge is 2.16. The van der Waals surface area contributed by atoms with Crippen LogP contribution in [0.1, 0.15) is 143 Å². The Balaban J connectivity index is 2.07. The zero-order valence-electron chi connectivity index (χ0n) is 28.8. The van der Waals surface area contributed by atoms with Crippen LogP contribution < -0.4 is 0 Å². The van der Waals surface area contributed by atoms with Gasteiger partial charge in [-0.3, -0.25) is 4.79 Å². The molecule has 1 heterocycles. The molecule has 1 saturated heterocycles. The van der Waals surface area contributed by atoms with Crippen LogP contribution in [0.4, 0.5) is 4.79 Å². The van der Waals surface area contributed by atoms with E-state index in [0.717, 1.165) is 97.1 Å². The van der Waals surface area contributed by atoms with E-state index < -0.39 is 6.16 Å². The number of allylic oxidation sites excluding steroid dienone is 1. The smallest absolute Gasteiger partial charge is 0.466 e. The number of nitrogens with zero attached hydrogens (tertiary/aromatic N) is 2. The van der Waals surface area contributed by atoms with E-state index in [9.17, 15) is 9.59 Å². The minimum atomic E-state index is -0.602. The highest BCUT2D eigenvalue weighted by Crippen LogP contribution is 2.14. The van der Waals surface area contributed by atoms with Gasteiger partial charge in [0, 0.05) is 45.6 Å². The number of ether oxygens (including phenoxy) is 3. The summed E-state index contributed by atoms with van der Waals surface area (Å²) in [5.74, 6) is 5.95. The summed E-state index contributed by atoms with van der Waals surface area (Å²) < 4.78 is 16.3. The van der Waals surface area contributed by atoms with Gasteiger partial charge in [-0.1, -0.05) is 109 Å². The Kier molecular flexibility index (Phi) is 27.0. The van der Waals surface area contributed by atoms with Crippen molar-refractivity contribution in [3.8, 4) is 11.8 Å². The Bertz CT molecular complexity index is 782. The summed E-state index contributed by atoms with van der Waals surface area (Å²) in [4.78, 5) is 29.0. The molecule has 0 amide bonds. The van der Waals surface area contributed by atoms with Crippen molar-refractivity contribution in [3.63, 3.8) is 0 Å². The van der Waals surface area contributed by atoms with Crippen molar-refractivity contribution in [1.29, 1.82) is 0 Å². The average Bonchev–Trinajstić information content (AvgIpc) is 3.03. The van der Waals surface area contributed by atoms with Crippen LogP contribution in [0.3, 0.4) is 0 Å². The van der Waals surface area contributed by atoms with Crippen LogP contribution in [0, 0.1) is 11.8 Å². The molecule has 1 aliphatic rings. The average molecular weight is 619 g/mol. The number of hydrogen-bond acceptors (Lipinski definition) is 7. The molecule has 7 nitrogen and oxygen atoms in total. The van der Waals surface area contributed by atoms with Gasteiger partial charge in [0.2, 0.25) is 0 Å². The first kappa shape index (κ1) is 40.0. The van der Waals surface area contributed by atoms with E-state index in [-0.39, 0.29) is 18.7 Å². The lowest BCUT2D eigenvalue weighted by Crippen LogP contribution is -2.46. The van der Waals surface area contributed by atoms with Gasteiger partial charge in [0.25, 0.3) is 0 Å². The van der Waals surface area contributed by atoms with Crippen LogP contribution in [0.25, 0.3) is 0 Å². The summed E-state index contributed by atoms with van der Waals surface area (Å²) in [6.07, 6.45) is 23.9. The van der Waals surface area contributed by atoms with Crippen molar-refractivity contribution in [1.82, 2.24) is 9.80 Å². The molecule has 254 valence electrons. The van der Waals surface area contributed by atoms with Gasteiger partial charge in [0.05, 0.1) is 13.0 Å².